The molecule has 1 amide bonds. The van der Waals surface area contributed by atoms with Crippen molar-refractivity contribution in [1.29, 1.82) is 0 Å². The summed E-state index contributed by atoms with van der Waals surface area (Å²) in [6.07, 6.45) is 9.99. The number of methoxy groups -OCH3 is 1. The summed E-state index contributed by atoms with van der Waals surface area (Å²) in [6.45, 7) is 4.19. The molecule has 3 aliphatic rings. The van der Waals surface area contributed by atoms with Crippen molar-refractivity contribution in [2.24, 2.45) is 5.92 Å². The Bertz CT molecular complexity index is 1260. The fourth-order valence-electron chi connectivity index (χ4n) is 5.57. The van der Waals surface area contributed by atoms with Crippen molar-refractivity contribution >= 4 is 11.6 Å². The third kappa shape index (κ3) is 4.26. The van der Waals surface area contributed by atoms with Crippen molar-refractivity contribution in [1.82, 2.24) is 15.1 Å². The van der Waals surface area contributed by atoms with Crippen LogP contribution in [0.2, 0.25) is 0 Å². The molecule has 1 aliphatic carbocycles. The van der Waals surface area contributed by atoms with E-state index < -0.39 is 0 Å². The molecule has 36 heavy (non-hydrogen) atoms. The molecule has 7 heteroatoms. The Balaban J connectivity index is 1.45. The van der Waals surface area contributed by atoms with E-state index in [0.29, 0.717) is 17.5 Å². The number of hydrogen-bond donors (Lipinski definition) is 1. The smallest absolute Gasteiger partial charge is 0.230 e. The zero-order valence-electron chi connectivity index (χ0n) is 21.1. The highest BCUT2D eigenvalue weighted by molar-refractivity contribution is 5.99. The fourth-order valence-corrected chi connectivity index (χ4v) is 5.57. The van der Waals surface area contributed by atoms with Crippen molar-refractivity contribution in [2.45, 2.75) is 57.5 Å². The highest BCUT2D eigenvalue weighted by Crippen LogP contribution is 2.47. The van der Waals surface area contributed by atoms with Crippen LogP contribution < -0.4 is 19.7 Å². The number of ether oxygens (including phenoxy) is 2. The average Bonchev–Trinajstić information content (AvgIpc) is 3.66. The Morgan fingerprint density at radius 1 is 1.03 bits per heavy atom. The van der Waals surface area contributed by atoms with Gasteiger partial charge in [-0.25, -0.2) is 0 Å². The summed E-state index contributed by atoms with van der Waals surface area (Å²) in [5.41, 5.74) is 4.08. The van der Waals surface area contributed by atoms with Crippen molar-refractivity contribution in [3.8, 4) is 28.4 Å². The summed E-state index contributed by atoms with van der Waals surface area (Å²) in [5, 5.41) is 8.17. The maximum atomic E-state index is 13.3. The standard InChI is InChI=1S/C29H34N4O3/c1-19-7-10-24-25(33(19)29(34)20-8-9-20)12-11-23(28(24)36-27-6-4-3-5-26(27)35-2)21-17-31-32(18-21)22-13-15-30-16-14-22/h3-6,11-12,17-20,22,30H,7-10,13-16H2,1-2H3/t19-/m0/s1. The molecular weight excluding hydrogens is 452 g/mol. The topological polar surface area (TPSA) is 68.6 Å². The molecule has 1 atom stereocenters. The minimum Gasteiger partial charge on any atom is -0.493 e. The first kappa shape index (κ1) is 23.1. The number of nitrogens with one attached hydrogen (secondary N) is 1. The van der Waals surface area contributed by atoms with Gasteiger partial charge in [0.05, 0.1) is 25.0 Å². The lowest BCUT2D eigenvalue weighted by molar-refractivity contribution is -0.120. The van der Waals surface area contributed by atoms with Crippen LogP contribution in [0.1, 0.15) is 50.6 Å². The number of carbonyl (C=O) groups excluding carboxylic acids is 1. The van der Waals surface area contributed by atoms with E-state index in [1.54, 1.807) is 7.11 Å². The molecule has 2 fully saturated rings. The normalized spacial score (nSPS) is 20.2. The minimum atomic E-state index is 0.167. The molecule has 0 spiro atoms. The molecule has 3 aromatic rings. The first-order valence-electron chi connectivity index (χ1n) is 13.2. The van der Waals surface area contributed by atoms with Gasteiger partial charge in [-0.2, -0.15) is 5.10 Å². The Kier molecular flexibility index (Phi) is 6.17. The number of fused-ring (bicyclic) bond motifs is 1. The third-order valence-electron chi connectivity index (χ3n) is 7.79. The van der Waals surface area contributed by atoms with Crippen LogP contribution in [0.25, 0.3) is 11.1 Å². The molecule has 1 aromatic heterocycles. The number of para-hydroxylation sites is 2. The van der Waals surface area contributed by atoms with Crippen LogP contribution in [0.5, 0.6) is 17.2 Å². The summed E-state index contributed by atoms with van der Waals surface area (Å²) in [5.74, 6) is 2.56. The second kappa shape index (κ2) is 9.62. The number of anilines is 1. The van der Waals surface area contributed by atoms with Gasteiger partial charge in [0.1, 0.15) is 5.75 Å². The summed E-state index contributed by atoms with van der Waals surface area (Å²) in [4.78, 5) is 15.3. The Labute approximate surface area is 212 Å². The van der Waals surface area contributed by atoms with Crippen LogP contribution in [0.4, 0.5) is 5.69 Å². The number of carbonyl (C=O) groups is 1. The second-order valence-corrected chi connectivity index (χ2v) is 10.3. The summed E-state index contributed by atoms with van der Waals surface area (Å²) in [7, 11) is 1.66. The molecule has 7 nitrogen and oxygen atoms in total. The van der Waals surface area contributed by atoms with Gasteiger partial charge in [0, 0.05) is 34.8 Å². The number of nitrogens with zero attached hydrogens (tertiary/aromatic N) is 3. The number of rotatable bonds is 6. The van der Waals surface area contributed by atoms with Gasteiger partial charge < -0.3 is 19.7 Å². The lowest BCUT2D eigenvalue weighted by Crippen LogP contribution is -2.43. The van der Waals surface area contributed by atoms with E-state index in [-0.39, 0.29) is 17.9 Å². The van der Waals surface area contributed by atoms with E-state index in [0.717, 1.165) is 79.7 Å². The summed E-state index contributed by atoms with van der Waals surface area (Å²) >= 11 is 0. The lowest BCUT2D eigenvalue weighted by Gasteiger charge is -2.36. The molecule has 3 heterocycles. The van der Waals surface area contributed by atoms with Gasteiger partial charge >= 0.3 is 0 Å². The molecule has 2 aliphatic heterocycles. The molecule has 1 saturated heterocycles. The SMILES string of the molecule is COc1ccccc1Oc1c(-c2cnn(C3CCNCC3)c2)ccc2c1CC[C@H](C)N2C(=O)C1CC1. The van der Waals surface area contributed by atoms with Crippen LogP contribution in [-0.4, -0.2) is 41.9 Å². The second-order valence-electron chi connectivity index (χ2n) is 10.3. The fraction of sp³-hybridized carbons (Fsp3) is 0.448. The van der Waals surface area contributed by atoms with Gasteiger partial charge in [-0.15, -0.1) is 0 Å². The molecular formula is C29H34N4O3. The van der Waals surface area contributed by atoms with E-state index in [2.05, 4.69) is 35.3 Å². The van der Waals surface area contributed by atoms with E-state index >= 15 is 0 Å². The van der Waals surface area contributed by atoms with Gasteiger partial charge in [0.25, 0.3) is 0 Å². The minimum absolute atomic E-state index is 0.167. The largest absolute Gasteiger partial charge is 0.493 e. The average molecular weight is 487 g/mol. The van der Waals surface area contributed by atoms with Crippen LogP contribution in [0, 0.1) is 5.92 Å². The maximum Gasteiger partial charge on any atom is 0.230 e. The van der Waals surface area contributed by atoms with E-state index in [4.69, 9.17) is 14.6 Å². The van der Waals surface area contributed by atoms with Crippen LogP contribution in [0.15, 0.2) is 48.8 Å². The first-order valence-corrected chi connectivity index (χ1v) is 13.2. The van der Waals surface area contributed by atoms with Crippen LogP contribution >= 0.6 is 0 Å². The van der Waals surface area contributed by atoms with Crippen molar-refractivity contribution in [3.05, 3.63) is 54.4 Å². The van der Waals surface area contributed by atoms with Crippen LogP contribution in [-0.2, 0) is 11.2 Å². The molecule has 1 saturated carbocycles. The molecule has 1 N–H and O–H groups in total. The highest BCUT2D eigenvalue weighted by atomic mass is 16.5. The highest BCUT2D eigenvalue weighted by Gasteiger charge is 2.39. The summed E-state index contributed by atoms with van der Waals surface area (Å²) in [6, 6.07) is 12.5. The van der Waals surface area contributed by atoms with Gasteiger partial charge in [-0.3, -0.25) is 9.48 Å². The molecule has 188 valence electrons. The zero-order valence-corrected chi connectivity index (χ0v) is 21.1. The molecule has 0 radical (unpaired) electrons. The molecule has 0 unspecified atom stereocenters. The predicted octanol–water partition coefficient (Wildman–Crippen LogP) is 5.35. The summed E-state index contributed by atoms with van der Waals surface area (Å²) < 4.78 is 14.4. The van der Waals surface area contributed by atoms with Crippen molar-refractivity contribution < 1.29 is 14.3 Å². The Morgan fingerprint density at radius 3 is 2.56 bits per heavy atom. The third-order valence-corrected chi connectivity index (χ3v) is 7.79. The Hall–Kier alpha value is -3.32. The zero-order chi connectivity index (χ0) is 24.6. The number of aromatic nitrogens is 2. The number of hydrogen-bond acceptors (Lipinski definition) is 5. The van der Waals surface area contributed by atoms with Gasteiger partial charge in [0.2, 0.25) is 5.91 Å². The van der Waals surface area contributed by atoms with Crippen molar-refractivity contribution in [2.75, 3.05) is 25.1 Å². The van der Waals surface area contributed by atoms with Crippen molar-refractivity contribution in [3.63, 3.8) is 0 Å². The van der Waals surface area contributed by atoms with Gasteiger partial charge in [0.15, 0.2) is 11.5 Å². The molecule has 0 bridgehead atoms. The quantitative estimate of drug-likeness (QED) is 0.509. The molecule has 6 rings (SSSR count). The first-order chi connectivity index (χ1) is 17.6. The maximum absolute atomic E-state index is 13.3. The number of piperidine rings is 1. The number of amides is 1. The van der Waals surface area contributed by atoms with E-state index in [1.165, 1.54) is 0 Å². The van der Waals surface area contributed by atoms with Gasteiger partial charge in [-0.05, 0) is 82.8 Å². The Morgan fingerprint density at radius 2 is 1.81 bits per heavy atom. The van der Waals surface area contributed by atoms with Crippen LogP contribution in [0.3, 0.4) is 0 Å². The lowest BCUT2D eigenvalue weighted by atomic mass is 9.92. The van der Waals surface area contributed by atoms with E-state index in [1.807, 2.05) is 35.4 Å². The predicted molar refractivity (Wildman–Crippen MR) is 140 cm³/mol. The molecule has 2 aromatic carbocycles. The van der Waals surface area contributed by atoms with Gasteiger partial charge in [-0.1, -0.05) is 12.1 Å². The monoisotopic (exact) mass is 486 g/mol. The number of benzene rings is 2. The van der Waals surface area contributed by atoms with E-state index in [9.17, 15) is 4.79 Å².